The molecule has 0 radical (unpaired) electrons. The number of hydrogen-bond donors (Lipinski definition) is 1. The third kappa shape index (κ3) is 4.04. The minimum atomic E-state index is -0.272. The van der Waals surface area contributed by atoms with E-state index in [1.54, 1.807) is 33.4 Å². The molecule has 1 rings (SSSR count). The highest BCUT2D eigenvalue weighted by atomic mass is 16.2. The summed E-state index contributed by atoms with van der Waals surface area (Å²) in [5.74, 6) is 0.219. The van der Waals surface area contributed by atoms with Gasteiger partial charge in [0.1, 0.15) is 12.4 Å². The molecule has 0 aromatic carbocycles. The van der Waals surface area contributed by atoms with Crippen LogP contribution in [-0.2, 0) is 4.79 Å². The maximum atomic E-state index is 11.7. The van der Waals surface area contributed by atoms with E-state index in [1.165, 1.54) is 9.80 Å². The van der Waals surface area contributed by atoms with Gasteiger partial charge in [0.05, 0.1) is 0 Å². The van der Waals surface area contributed by atoms with Gasteiger partial charge in [0, 0.05) is 27.3 Å². The molecule has 0 aliphatic carbocycles. The first-order valence-corrected chi connectivity index (χ1v) is 5.55. The minimum absolute atomic E-state index is 0.00731. The molecule has 0 aliphatic rings. The van der Waals surface area contributed by atoms with Gasteiger partial charge in [-0.1, -0.05) is 0 Å². The summed E-state index contributed by atoms with van der Waals surface area (Å²) >= 11 is 0. The second-order valence-electron chi connectivity index (χ2n) is 4.30. The average molecular weight is 250 g/mol. The number of hydrogen-bond acceptors (Lipinski definition) is 3. The molecule has 1 aromatic rings. The highest BCUT2D eigenvalue weighted by Gasteiger charge is 2.14. The lowest BCUT2D eigenvalue weighted by molar-refractivity contribution is -0.116. The summed E-state index contributed by atoms with van der Waals surface area (Å²) in [5, 5.41) is 2.64. The van der Waals surface area contributed by atoms with Gasteiger partial charge < -0.3 is 15.1 Å². The third-order valence-corrected chi connectivity index (χ3v) is 2.27. The monoisotopic (exact) mass is 250 g/mol. The van der Waals surface area contributed by atoms with Crippen LogP contribution < -0.4 is 5.32 Å². The standard InChI is InChI=1S/C12H18N4O2/c1-9-5-6-13-10(7-9)14-11(17)8-16(4)12(18)15(2)3/h5-7H,8H2,1-4H3,(H,13,14,17). The molecule has 0 unspecified atom stereocenters. The quantitative estimate of drug-likeness (QED) is 0.868. The van der Waals surface area contributed by atoms with Gasteiger partial charge in [0.2, 0.25) is 5.91 Å². The Morgan fingerprint density at radius 3 is 2.56 bits per heavy atom. The van der Waals surface area contributed by atoms with Gasteiger partial charge in [-0.3, -0.25) is 4.79 Å². The summed E-state index contributed by atoms with van der Waals surface area (Å²) in [7, 11) is 4.85. The van der Waals surface area contributed by atoms with Gasteiger partial charge in [-0.25, -0.2) is 9.78 Å². The summed E-state index contributed by atoms with van der Waals surface area (Å²) in [5.41, 5.74) is 1.01. The Kier molecular flexibility index (Phi) is 4.65. The molecule has 0 saturated carbocycles. The van der Waals surface area contributed by atoms with Gasteiger partial charge >= 0.3 is 6.03 Å². The summed E-state index contributed by atoms with van der Waals surface area (Å²) < 4.78 is 0. The molecule has 6 nitrogen and oxygen atoms in total. The van der Waals surface area contributed by atoms with Crippen molar-refractivity contribution in [1.82, 2.24) is 14.8 Å². The van der Waals surface area contributed by atoms with E-state index in [0.29, 0.717) is 5.82 Å². The van der Waals surface area contributed by atoms with E-state index in [0.717, 1.165) is 5.56 Å². The van der Waals surface area contributed by atoms with Gasteiger partial charge in [0.15, 0.2) is 0 Å². The van der Waals surface area contributed by atoms with E-state index in [-0.39, 0.29) is 18.5 Å². The molecule has 3 amide bonds. The zero-order chi connectivity index (χ0) is 13.7. The summed E-state index contributed by atoms with van der Waals surface area (Å²) in [6, 6.07) is 3.39. The number of nitrogens with zero attached hydrogens (tertiary/aromatic N) is 3. The van der Waals surface area contributed by atoms with Crippen LogP contribution in [0.1, 0.15) is 5.56 Å². The van der Waals surface area contributed by atoms with Crippen LogP contribution >= 0.6 is 0 Å². The lowest BCUT2D eigenvalue weighted by Gasteiger charge is -2.21. The Hall–Kier alpha value is -2.11. The predicted octanol–water partition coefficient (Wildman–Crippen LogP) is 0.942. The Balaban J connectivity index is 2.54. The number of urea groups is 1. The van der Waals surface area contributed by atoms with Crippen LogP contribution in [0.5, 0.6) is 0 Å². The summed E-state index contributed by atoms with van der Waals surface area (Å²) in [4.78, 5) is 30.0. The summed E-state index contributed by atoms with van der Waals surface area (Å²) in [6.45, 7) is 1.91. The fraction of sp³-hybridized carbons (Fsp3) is 0.417. The highest BCUT2D eigenvalue weighted by Crippen LogP contribution is 2.05. The van der Waals surface area contributed by atoms with Crippen LogP contribution in [0.15, 0.2) is 18.3 Å². The Morgan fingerprint density at radius 2 is 2.00 bits per heavy atom. The molecule has 98 valence electrons. The highest BCUT2D eigenvalue weighted by molar-refractivity contribution is 5.93. The Labute approximate surface area is 107 Å². The Bertz CT molecular complexity index is 445. The lowest BCUT2D eigenvalue weighted by atomic mass is 10.3. The van der Waals surface area contributed by atoms with Crippen molar-refractivity contribution in [2.75, 3.05) is 33.0 Å². The number of nitrogens with one attached hydrogen (secondary N) is 1. The van der Waals surface area contributed by atoms with Crippen molar-refractivity contribution < 1.29 is 9.59 Å². The van der Waals surface area contributed by atoms with E-state index < -0.39 is 0 Å². The molecule has 6 heteroatoms. The number of carbonyl (C=O) groups excluding carboxylic acids is 2. The van der Waals surface area contributed by atoms with Crippen LogP contribution in [0.3, 0.4) is 0 Å². The second-order valence-corrected chi connectivity index (χ2v) is 4.30. The number of amides is 3. The molecular formula is C12H18N4O2. The predicted molar refractivity (Wildman–Crippen MR) is 69.3 cm³/mol. The van der Waals surface area contributed by atoms with E-state index in [2.05, 4.69) is 10.3 Å². The molecule has 0 atom stereocenters. The molecule has 1 N–H and O–H groups in total. The molecule has 0 bridgehead atoms. The molecule has 0 saturated heterocycles. The van der Waals surface area contributed by atoms with Gasteiger partial charge in [-0.15, -0.1) is 0 Å². The van der Waals surface area contributed by atoms with Crippen molar-refractivity contribution in [3.8, 4) is 0 Å². The third-order valence-electron chi connectivity index (χ3n) is 2.27. The van der Waals surface area contributed by atoms with Crippen LogP contribution in [0.4, 0.5) is 10.6 Å². The van der Waals surface area contributed by atoms with Crippen molar-refractivity contribution >= 4 is 17.8 Å². The maximum absolute atomic E-state index is 11.7. The summed E-state index contributed by atoms with van der Waals surface area (Å²) in [6.07, 6.45) is 1.62. The fourth-order valence-corrected chi connectivity index (χ4v) is 1.41. The van der Waals surface area contributed by atoms with Crippen LogP contribution in [0.25, 0.3) is 0 Å². The maximum Gasteiger partial charge on any atom is 0.319 e. The molecule has 1 aromatic heterocycles. The number of aryl methyl sites for hydroxylation is 1. The smallest absolute Gasteiger partial charge is 0.319 e. The topological polar surface area (TPSA) is 65.5 Å². The van der Waals surface area contributed by atoms with Crippen molar-refractivity contribution in [1.29, 1.82) is 0 Å². The number of aromatic nitrogens is 1. The van der Waals surface area contributed by atoms with Crippen LogP contribution in [0, 0.1) is 6.92 Å². The molecule has 18 heavy (non-hydrogen) atoms. The second kappa shape index (κ2) is 6.00. The largest absolute Gasteiger partial charge is 0.331 e. The number of anilines is 1. The molecule has 0 aliphatic heterocycles. The lowest BCUT2D eigenvalue weighted by Crippen LogP contribution is -2.40. The number of pyridine rings is 1. The Morgan fingerprint density at radius 1 is 1.33 bits per heavy atom. The molecule has 0 spiro atoms. The normalized spacial score (nSPS) is 9.78. The van der Waals surface area contributed by atoms with E-state index in [4.69, 9.17) is 0 Å². The number of carbonyl (C=O) groups is 2. The molecular weight excluding hydrogens is 232 g/mol. The fourth-order valence-electron chi connectivity index (χ4n) is 1.41. The van der Waals surface area contributed by atoms with Crippen LogP contribution in [-0.4, -0.2) is 54.4 Å². The molecule has 0 fully saturated rings. The minimum Gasteiger partial charge on any atom is -0.331 e. The van der Waals surface area contributed by atoms with Crippen molar-refractivity contribution in [2.24, 2.45) is 0 Å². The van der Waals surface area contributed by atoms with Crippen molar-refractivity contribution in [3.63, 3.8) is 0 Å². The SMILES string of the molecule is Cc1ccnc(NC(=O)CN(C)C(=O)N(C)C)c1. The van der Waals surface area contributed by atoms with Gasteiger partial charge in [-0.2, -0.15) is 0 Å². The van der Waals surface area contributed by atoms with E-state index in [1.807, 2.05) is 13.0 Å². The zero-order valence-electron chi connectivity index (χ0n) is 11.1. The number of rotatable bonds is 3. The van der Waals surface area contributed by atoms with E-state index in [9.17, 15) is 9.59 Å². The van der Waals surface area contributed by atoms with Gasteiger partial charge in [-0.05, 0) is 24.6 Å². The van der Waals surface area contributed by atoms with E-state index >= 15 is 0 Å². The first-order chi connectivity index (χ1) is 8.40. The number of likely N-dealkylation sites (N-methyl/N-ethyl adjacent to an activating group) is 1. The molecule has 1 heterocycles. The van der Waals surface area contributed by atoms with Crippen LogP contribution in [0.2, 0.25) is 0 Å². The first kappa shape index (κ1) is 14.0. The average Bonchev–Trinajstić information content (AvgIpc) is 2.27. The van der Waals surface area contributed by atoms with Gasteiger partial charge in [0.25, 0.3) is 0 Å². The first-order valence-electron chi connectivity index (χ1n) is 5.55. The van der Waals surface area contributed by atoms with Crippen molar-refractivity contribution in [3.05, 3.63) is 23.9 Å². The zero-order valence-corrected chi connectivity index (χ0v) is 11.1. The van der Waals surface area contributed by atoms with Crippen molar-refractivity contribution in [2.45, 2.75) is 6.92 Å².